The lowest BCUT2D eigenvalue weighted by Gasteiger charge is -2.26. The molecule has 0 spiro atoms. The monoisotopic (exact) mass is 347 g/mol. The number of amides is 2. The second kappa shape index (κ2) is 8.22. The van der Waals surface area contributed by atoms with Gasteiger partial charge in [0.15, 0.2) is 0 Å². The van der Waals surface area contributed by atoms with Crippen molar-refractivity contribution in [2.24, 2.45) is 0 Å². The Hall–Kier alpha value is -1.98. The van der Waals surface area contributed by atoms with Gasteiger partial charge in [0.1, 0.15) is 5.76 Å². The molecule has 1 unspecified atom stereocenters. The summed E-state index contributed by atoms with van der Waals surface area (Å²) in [4.78, 5) is 14.4. The number of furan rings is 1. The van der Waals surface area contributed by atoms with E-state index in [9.17, 15) is 4.79 Å². The van der Waals surface area contributed by atoms with Crippen LogP contribution in [0, 0.1) is 0 Å². The van der Waals surface area contributed by atoms with Crippen molar-refractivity contribution >= 4 is 17.6 Å². The number of hydrogen-bond acceptors (Lipinski definition) is 3. The predicted octanol–water partition coefficient (Wildman–Crippen LogP) is 3.57. The highest BCUT2D eigenvalue weighted by Gasteiger charge is 2.25. The summed E-state index contributed by atoms with van der Waals surface area (Å²) in [7, 11) is 0. The lowest BCUT2D eigenvalue weighted by Crippen LogP contribution is -2.41. The van der Waals surface area contributed by atoms with Gasteiger partial charge in [-0.15, -0.1) is 0 Å². The van der Waals surface area contributed by atoms with Crippen molar-refractivity contribution < 1.29 is 9.21 Å². The molecule has 3 rings (SSSR count). The van der Waals surface area contributed by atoms with Crippen LogP contribution in [0.1, 0.15) is 30.2 Å². The summed E-state index contributed by atoms with van der Waals surface area (Å²) < 4.78 is 5.55. The molecular formula is C18H22ClN3O2. The number of hydrogen-bond donors (Lipinski definition) is 2. The molecule has 6 heteroatoms. The van der Waals surface area contributed by atoms with Crippen molar-refractivity contribution in [3.05, 3.63) is 59.0 Å². The summed E-state index contributed by atoms with van der Waals surface area (Å²) in [5, 5.41) is 6.48. The smallest absolute Gasteiger partial charge is 0.315 e. The van der Waals surface area contributed by atoms with Crippen molar-refractivity contribution in [2.45, 2.75) is 25.4 Å². The second-order valence-electron chi connectivity index (χ2n) is 5.97. The van der Waals surface area contributed by atoms with Crippen LogP contribution in [0.3, 0.4) is 0 Å². The first kappa shape index (κ1) is 16.9. The average Bonchev–Trinajstić information content (AvgIpc) is 3.27. The zero-order valence-corrected chi connectivity index (χ0v) is 14.3. The number of nitrogens with one attached hydrogen (secondary N) is 2. The van der Waals surface area contributed by atoms with E-state index in [1.807, 2.05) is 36.4 Å². The Bertz CT molecular complexity index is 654. The normalized spacial score (nSPS) is 16.0. The van der Waals surface area contributed by atoms with Crippen molar-refractivity contribution in [3.8, 4) is 0 Å². The molecule has 1 fully saturated rings. The minimum atomic E-state index is -0.189. The lowest BCUT2D eigenvalue weighted by atomic mass is 10.2. The summed E-state index contributed by atoms with van der Waals surface area (Å²) in [6.07, 6.45) is 4.06. The number of likely N-dealkylation sites (tertiary alicyclic amines) is 1. The highest BCUT2D eigenvalue weighted by molar-refractivity contribution is 6.30. The molecule has 5 nitrogen and oxygen atoms in total. The van der Waals surface area contributed by atoms with Crippen molar-refractivity contribution in [2.75, 3.05) is 19.6 Å². The number of nitrogens with zero attached hydrogens (tertiary/aromatic N) is 1. The molecule has 0 aliphatic carbocycles. The van der Waals surface area contributed by atoms with Gasteiger partial charge in [0.2, 0.25) is 0 Å². The second-order valence-corrected chi connectivity index (χ2v) is 6.40. The van der Waals surface area contributed by atoms with Crippen LogP contribution in [0.2, 0.25) is 5.02 Å². The molecule has 0 bridgehead atoms. The van der Waals surface area contributed by atoms with Crippen LogP contribution in [0.5, 0.6) is 0 Å². The van der Waals surface area contributed by atoms with Gasteiger partial charge in [0, 0.05) is 18.1 Å². The van der Waals surface area contributed by atoms with E-state index < -0.39 is 0 Å². The molecule has 0 radical (unpaired) electrons. The first-order valence-electron chi connectivity index (χ1n) is 8.26. The summed E-state index contributed by atoms with van der Waals surface area (Å²) >= 11 is 5.95. The van der Waals surface area contributed by atoms with E-state index in [0.717, 1.165) is 24.4 Å². The minimum absolute atomic E-state index is 0.0828. The number of rotatable bonds is 6. The number of urea groups is 1. The number of carbonyl (C=O) groups excluding carboxylic acids is 1. The topological polar surface area (TPSA) is 57.5 Å². The first-order chi connectivity index (χ1) is 11.7. The van der Waals surface area contributed by atoms with E-state index in [0.29, 0.717) is 18.1 Å². The van der Waals surface area contributed by atoms with E-state index in [4.69, 9.17) is 16.0 Å². The zero-order valence-electron chi connectivity index (χ0n) is 13.5. The van der Waals surface area contributed by atoms with Gasteiger partial charge in [0.05, 0.1) is 12.3 Å². The Morgan fingerprint density at radius 3 is 2.75 bits per heavy atom. The molecular weight excluding hydrogens is 326 g/mol. The van der Waals surface area contributed by atoms with Gasteiger partial charge in [0.25, 0.3) is 0 Å². The van der Waals surface area contributed by atoms with Crippen LogP contribution in [-0.4, -0.2) is 30.6 Å². The van der Waals surface area contributed by atoms with Gasteiger partial charge in [-0.3, -0.25) is 4.90 Å². The molecule has 2 heterocycles. The molecule has 1 aliphatic heterocycles. The fourth-order valence-corrected chi connectivity index (χ4v) is 3.24. The standard InChI is InChI=1S/C18H22ClN3O2/c19-15-6-3-5-14(11-15)12-20-18(23)21-13-16(17-7-4-10-24-17)22-8-1-2-9-22/h3-7,10-11,16H,1-2,8-9,12-13H2,(H2,20,21,23). The highest BCUT2D eigenvalue weighted by atomic mass is 35.5. The van der Waals surface area contributed by atoms with Gasteiger partial charge in [-0.05, 0) is 55.8 Å². The van der Waals surface area contributed by atoms with Crippen molar-refractivity contribution in [1.82, 2.24) is 15.5 Å². The van der Waals surface area contributed by atoms with Gasteiger partial charge in [-0.25, -0.2) is 4.79 Å². The predicted molar refractivity (Wildman–Crippen MR) is 93.9 cm³/mol. The van der Waals surface area contributed by atoms with Gasteiger partial charge >= 0.3 is 6.03 Å². The number of carbonyl (C=O) groups is 1. The maximum absolute atomic E-state index is 12.1. The third kappa shape index (κ3) is 4.52. The van der Waals surface area contributed by atoms with Crippen molar-refractivity contribution in [3.63, 3.8) is 0 Å². The Morgan fingerprint density at radius 2 is 2.04 bits per heavy atom. The van der Waals surface area contributed by atoms with Crippen LogP contribution in [-0.2, 0) is 6.54 Å². The third-order valence-corrected chi connectivity index (χ3v) is 4.49. The lowest BCUT2D eigenvalue weighted by molar-refractivity contribution is 0.203. The SMILES string of the molecule is O=C(NCc1cccc(Cl)c1)NCC(c1ccco1)N1CCCC1. The van der Waals surface area contributed by atoms with E-state index in [-0.39, 0.29) is 12.1 Å². The molecule has 2 aromatic rings. The molecule has 1 aromatic heterocycles. The summed E-state index contributed by atoms with van der Waals surface area (Å²) in [6.45, 7) is 3.05. The maximum Gasteiger partial charge on any atom is 0.315 e. The van der Waals surface area contributed by atoms with Gasteiger partial charge in [-0.2, -0.15) is 0 Å². The van der Waals surface area contributed by atoms with E-state index in [1.54, 1.807) is 6.26 Å². The number of halogens is 1. The van der Waals surface area contributed by atoms with Crippen LogP contribution in [0.4, 0.5) is 4.79 Å². The van der Waals surface area contributed by atoms with E-state index >= 15 is 0 Å². The molecule has 1 saturated heterocycles. The van der Waals surface area contributed by atoms with E-state index in [1.165, 1.54) is 12.8 Å². The van der Waals surface area contributed by atoms with Crippen molar-refractivity contribution in [1.29, 1.82) is 0 Å². The Kier molecular flexibility index (Phi) is 5.77. The van der Waals surface area contributed by atoms with Crippen LogP contribution < -0.4 is 10.6 Å². The fourth-order valence-electron chi connectivity index (χ4n) is 3.02. The van der Waals surface area contributed by atoms with Crippen LogP contribution >= 0.6 is 11.6 Å². The van der Waals surface area contributed by atoms with Crippen LogP contribution in [0.25, 0.3) is 0 Å². The summed E-state index contributed by atoms with van der Waals surface area (Å²) in [5.74, 6) is 0.895. The average molecular weight is 348 g/mol. The molecule has 128 valence electrons. The Balaban J connectivity index is 1.51. The first-order valence-corrected chi connectivity index (χ1v) is 8.64. The Morgan fingerprint density at radius 1 is 1.21 bits per heavy atom. The fraction of sp³-hybridized carbons (Fsp3) is 0.389. The molecule has 2 N–H and O–H groups in total. The molecule has 1 atom stereocenters. The van der Waals surface area contributed by atoms with Crippen LogP contribution in [0.15, 0.2) is 47.1 Å². The molecule has 0 saturated carbocycles. The largest absolute Gasteiger partial charge is 0.468 e. The third-order valence-electron chi connectivity index (χ3n) is 4.25. The maximum atomic E-state index is 12.1. The summed E-state index contributed by atoms with van der Waals surface area (Å²) in [6, 6.07) is 11.2. The van der Waals surface area contributed by atoms with Gasteiger partial charge in [-0.1, -0.05) is 23.7 Å². The summed E-state index contributed by atoms with van der Waals surface area (Å²) in [5.41, 5.74) is 0.972. The molecule has 24 heavy (non-hydrogen) atoms. The van der Waals surface area contributed by atoms with E-state index in [2.05, 4.69) is 15.5 Å². The van der Waals surface area contributed by atoms with Gasteiger partial charge < -0.3 is 15.1 Å². The molecule has 1 aromatic carbocycles. The zero-order chi connectivity index (χ0) is 16.8. The quantitative estimate of drug-likeness (QED) is 0.839. The highest BCUT2D eigenvalue weighted by Crippen LogP contribution is 2.24. The molecule has 2 amide bonds. The minimum Gasteiger partial charge on any atom is -0.468 e. The Labute approximate surface area is 147 Å². The molecule has 1 aliphatic rings. The number of benzene rings is 1.